The number of fused-ring (bicyclic) bond motifs is 3. The van der Waals surface area contributed by atoms with Crippen LogP contribution in [0, 0.1) is 0 Å². The van der Waals surface area contributed by atoms with Crippen LogP contribution < -0.4 is 0 Å². The lowest BCUT2D eigenvalue weighted by molar-refractivity contribution is 0.0691. The van der Waals surface area contributed by atoms with Crippen LogP contribution in [0.5, 0.6) is 5.75 Å². The molecule has 0 bridgehead atoms. The first-order chi connectivity index (χ1) is 8.16. The number of nitrogens with zero attached hydrogens (tertiary/aromatic N) is 2. The number of carboxylic acids is 1. The van der Waals surface area contributed by atoms with Gasteiger partial charge in [-0.3, -0.25) is 0 Å². The van der Waals surface area contributed by atoms with Crippen LogP contribution in [0.2, 0.25) is 0 Å². The number of carbonyl (C=O) groups is 1. The second-order valence-corrected chi connectivity index (χ2v) is 3.72. The predicted molar refractivity (Wildman–Crippen MR) is 61.3 cm³/mol. The smallest absolute Gasteiger partial charge is 0.356 e. The van der Waals surface area contributed by atoms with E-state index in [9.17, 15) is 9.90 Å². The molecule has 2 N–H and O–H groups in total. The number of pyridine rings is 1. The number of hydrogen-bond acceptors (Lipinski definition) is 3. The van der Waals surface area contributed by atoms with Crippen molar-refractivity contribution in [1.82, 2.24) is 9.38 Å². The van der Waals surface area contributed by atoms with Crippen LogP contribution in [-0.2, 0) is 0 Å². The largest absolute Gasteiger partial charge is 0.507 e. The number of imidazole rings is 1. The van der Waals surface area contributed by atoms with E-state index in [2.05, 4.69) is 4.98 Å². The summed E-state index contributed by atoms with van der Waals surface area (Å²) < 4.78 is 1.59. The van der Waals surface area contributed by atoms with Crippen molar-refractivity contribution >= 4 is 22.4 Å². The maximum Gasteiger partial charge on any atom is 0.356 e. The van der Waals surface area contributed by atoms with Gasteiger partial charge in [-0.1, -0.05) is 12.1 Å². The first-order valence-corrected chi connectivity index (χ1v) is 4.99. The van der Waals surface area contributed by atoms with Gasteiger partial charge in [-0.2, -0.15) is 0 Å². The van der Waals surface area contributed by atoms with E-state index in [0.29, 0.717) is 11.0 Å². The standard InChI is InChI=1S/C12H8N2O3/c15-9-3-1-2-7-4-5-14-6-8(12(16)17)13-11(14)10(7)9/h1-6,15H,(H,16,17). The highest BCUT2D eigenvalue weighted by Gasteiger charge is 2.12. The van der Waals surface area contributed by atoms with E-state index in [1.165, 1.54) is 6.20 Å². The van der Waals surface area contributed by atoms with E-state index in [4.69, 9.17) is 5.11 Å². The zero-order valence-corrected chi connectivity index (χ0v) is 8.66. The van der Waals surface area contributed by atoms with Crippen LogP contribution in [0.15, 0.2) is 36.7 Å². The summed E-state index contributed by atoms with van der Waals surface area (Å²) in [4.78, 5) is 14.9. The number of rotatable bonds is 1. The van der Waals surface area contributed by atoms with Crippen molar-refractivity contribution < 1.29 is 15.0 Å². The summed E-state index contributed by atoms with van der Waals surface area (Å²) in [7, 11) is 0. The monoisotopic (exact) mass is 228 g/mol. The highest BCUT2D eigenvalue weighted by Crippen LogP contribution is 2.28. The summed E-state index contributed by atoms with van der Waals surface area (Å²) in [5, 5.41) is 20.1. The predicted octanol–water partition coefficient (Wildman–Crippen LogP) is 1.89. The molecule has 0 unspecified atom stereocenters. The minimum Gasteiger partial charge on any atom is -0.507 e. The molecule has 5 nitrogen and oxygen atoms in total. The lowest BCUT2D eigenvalue weighted by atomic mass is 10.1. The van der Waals surface area contributed by atoms with Gasteiger partial charge in [0, 0.05) is 12.4 Å². The van der Waals surface area contributed by atoms with Gasteiger partial charge >= 0.3 is 5.97 Å². The fourth-order valence-electron chi connectivity index (χ4n) is 1.90. The van der Waals surface area contributed by atoms with Gasteiger partial charge < -0.3 is 14.6 Å². The number of aromatic nitrogens is 2. The van der Waals surface area contributed by atoms with E-state index in [1.807, 2.05) is 6.07 Å². The third-order valence-electron chi connectivity index (χ3n) is 2.66. The molecule has 0 aliphatic carbocycles. The number of phenolic OH excluding ortho intramolecular Hbond substituents is 1. The van der Waals surface area contributed by atoms with Gasteiger partial charge in [-0.05, 0) is 17.5 Å². The summed E-state index contributed by atoms with van der Waals surface area (Å²) in [6.45, 7) is 0. The molecule has 3 rings (SSSR count). The lowest BCUT2D eigenvalue weighted by Crippen LogP contribution is -1.94. The van der Waals surface area contributed by atoms with Gasteiger partial charge in [0.1, 0.15) is 11.4 Å². The summed E-state index contributed by atoms with van der Waals surface area (Å²) in [6, 6.07) is 6.92. The van der Waals surface area contributed by atoms with Crippen LogP contribution in [0.1, 0.15) is 10.5 Å². The van der Waals surface area contributed by atoms with Gasteiger partial charge in [0.15, 0.2) is 5.69 Å². The second kappa shape index (κ2) is 3.21. The highest BCUT2D eigenvalue weighted by molar-refractivity contribution is 6.00. The Bertz CT molecular complexity index is 746. The molecule has 0 amide bonds. The van der Waals surface area contributed by atoms with Crippen LogP contribution in [0.3, 0.4) is 0 Å². The fraction of sp³-hybridized carbons (Fsp3) is 0. The maximum atomic E-state index is 10.9. The number of hydrogen-bond donors (Lipinski definition) is 2. The highest BCUT2D eigenvalue weighted by atomic mass is 16.4. The number of carboxylic acid groups (broad SMARTS) is 1. The van der Waals surface area contributed by atoms with Gasteiger partial charge in [0.05, 0.1) is 5.39 Å². The Labute approximate surface area is 95.6 Å². The second-order valence-electron chi connectivity index (χ2n) is 3.72. The number of aromatic hydroxyl groups is 1. The molecule has 0 atom stereocenters. The molecule has 3 aromatic rings. The van der Waals surface area contributed by atoms with Crippen molar-refractivity contribution in [3.8, 4) is 5.75 Å². The Hall–Kier alpha value is -2.56. The number of benzene rings is 1. The van der Waals surface area contributed by atoms with Crippen molar-refractivity contribution in [2.24, 2.45) is 0 Å². The van der Waals surface area contributed by atoms with Crippen molar-refractivity contribution in [2.45, 2.75) is 0 Å². The number of phenols is 1. The van der Waals surface area contributed by atoms with Crippen LogP contribution in [-0.4, -0.2) is 25.6 Å². The zero-order chi connectivity index (χ0) is 12.0. The summed E-state index contributed by atoms with van der Waals surface area (Å²) in [5.41, 5.74) is 0.402. The first-order valence-electron chi connectivity index (χ1n) is 4.99. The summed E-state index contributed by atoms with van der Waals surface area (Å²) >= 11 is 0. The molecular formula is C12H8N2O3. The molecule has 0 saturated carbocycles. The van der Waals surface area contributed by atoms with E-state index in [1.54, 1.807) is 28.8 Å². The Morgan fingerprint density at radius 1 is 1.29 bits per heavy atom. The minimum atomic E-state index is -1.09. The molecule has 2 aromatic heterocycles. The van der Waals surface area contributed by atoms with Crippen molar-refractivity contribution in [3.05, 3.63) is 42.4 Å². The van der Waals surface area contributed by atoms with Crippen LogP contribution in [0.25, 0.3) is 16.4 Å². The summed E-state index contributed by atoms with van der Waals surface area (Å²) in [6.07, 6.45) is 3.14. The van der Waals surface area contributed by atoms with Crippen molar-refractivity contribution in [2.75, 3.05) is 0 Å². The minimum absolute atomic E-state index is 0.0410. The van der Waals surface area contributed by atoms with E-state index in [-0.39, 0.29) is 11.4 Å². The Kier molecular flexibility index (Phi) is 1.82. The zero-order valence-electron chi connectivity index (χ0n) is 8.66. The van der Waals surface area contributed by atoms with Gasteiger partial charge in [0.25, 0.3) is 0 Å². The van der Waals surface area contributed by atoms with Crippen LogP contribution in [0.4, 0.5) is 0 Å². The molecule has 0 fully saturated rings. The molecule has 1 aromatic carbocycles. The molecule has 84 valence electrons. The molecule has 0 aliphatic heterocycles. The van der Waals surface area contributed by atoms with Crippen molar-refractivity contribution in [1.29, 1.82) is 0 Å². The Balaban J connectivity index is 2.50. The van der Waals surface area contributed by atoms with Gasteiger partial charge in [0.2, 0.25) is 0 Å². The Morgan fingerprint density at radius 2 is 2.12 bits per heavy atom. The van der Waals surface area contributed by atoms with E-state index in [0.717, 1.165) is 5.39 Å². The SMILES string of the molecule is O=C(O)c1cn2ccc3cccc(O)c3c2n1. The lowest BCUT2D eigenvalue weighted by Gasteiger charge is -2.01. The Morgan fingerprint density at radius 3 is 2.88 bits per heavy atom. The molecule has 2 heterocycles. The number of aromatic carboxylic acids is 1. The van der Waals surface area contributed by atoms with Crippen molar-refractivity contribution in [3.63, 3.8) is 0 Å². The summed E-state index contributed by atoms with van der Waals surface area (Å²) in [5.74, 6) is -0.993. The molecule has 5 heteroatoms. The fourth-order valence-corrected chi connectivity index (χ4v) is 1.90. The normalized spacial score (nSPS) is 11.1. The maximum absolute atomic E-state index is 10.9. The van der Waals surface area contributed by atoms with Gasteiger partial charge in [-0.25, -0.2) is 9.78 Å². The van der Waals surface area contributed by atoms with E-state index >= 15 is 0 Å². The topological polar surface area (TPSA) is 74.8 Å². The average molecular weight is 228 g/mol. The molecule has 0 saturated heterocycles. The van der Waals surface area contributed by atoms with Gasteiger partial charge in [-0.15, -0.1) is 0 Å². The molecule has 0 radical (unpaired) electrons. The molecule has 17 heavy (non-hydrogen) atoms. The van der Waals surface area contributed by atoms with Crippen LogP contribution >= 0.6 is 0 Å². The average Bonchev–Trinajstić information content (AvgIpc) is 2.73. The third kappa shape index (κ3) is 1.32. The van der Waals surface area contributed by atoms with E-state index < -0.39 is 5.97 Å². The third-order valence-corrected chi connectivity index (χ3v) is 2.66. The quantitative estimate of drug-likeness (QED) is 0.667. The molecule has 0 aliphatic rings. The molecule has 0 spiro atoms. The molecular weight excluding hydrogens is 220 g/mol. The first kappa shape index (κ1) is 9.65.